The Morgan fingerprint density at radius 1 is 0.345 bits per heavy atom. The molecule has 0 amide bonds. The maximum Gasteiger partial charge on any atom is 0.137 e. The van der Waals surface area contributed by atoms with Crippen molar-refractivity contribution in [1.82, 2.24) is 0 Å². The van der Waals surface area contributed by atoms with Crippen LogP contribution in [0.1, 0.15) is 49.9 Å². The van der Waals surface area contributed by atoms with Crippen LogP contribution in [-0.4, -0.2) is 0 Å². The molecule has 55 heavy (non-hydrogen) atoms. The highest BCUT2D eigenvalue weighted by Crippen LogP contribution is 2.57. The van der Waals surface area contributed by atoms with E-state index in [1.54, 1.807) is 0 Å². The standard InChI is InChI=1S/C52H38N2O/c1-51(2)37-14-6-9-17-43(37)53(44-18-10-7-15-38(44)51)41-27-23-31-22-26-35-42(28-24-32-21-25-34(41)49(31)50(32)35)54-45-19-11-8-16-39(45)52(3,4)40-29-36-33-13-5-12-20-47(33)55-48(36)30-46(40)54/h5-30H,1-4H3. The molecule has 0 fully saturated rings. The fourth-order valence-electron chi connectivity index (χ4n) is 10.3. The normalized spacial score (nSPS) is 15.5. The fourth-order valence-corrected chi connectivity index (χ4v) is 10.3. The van der Waals surface area contributed by atoms with Crippen molar-refractivity contribution in [2.24, 2.45) is 0 Å². The number of hydrogen-bond donors (Lipinski definition) is 0. The first-order valence-electron chi connectivity index (χ1n) is 19.4. The number of benzene rings is 9. The quantitative estimate of drug-likeness (QED) is 0.167. The minimum Gasteiger partial charge on any atom is -0.456 e. The molecule has 0 saturated carbocycles. The summed E-state index contributed by atoms with van der Waals surface area (Å²) in [6.07, 6.45) is 0. The van der Waals surface area contributed by atoms with E-state index in [0.717, 1.165) is 27.6 Å². The highest BCUT2D eigenvalue weighted by Gasteiger charge is 2.39. The van der Waals surface area contributed by atoms with Gasteiger partial charge in [0, 0.05) is 38.4 Å². The zero-order valence-electron chi connectivity index (χ0n) is 31.3. The lowest BCUT2D eigenvalue weighted by Crippen LogP contribution is -2.30. The summed E-state index contributed by atoms with van der Waals surface area (Å²) in [6.45, 7) is 9.43. The summed E-state index contributed by atoms with van der Waals surface area (Å²) in [6, 6.07) is 58.5. The third-order valence-electron chi connectivity index (χ3n) is 13.0. The first kappa shape index (κ1) is 30.8. The number of anilines is 6. The van der Waals surface area contributed by atoms with Gasteiger partial charge in [-0.15, -0.1) is 0 Å². The molecule has 262 valence electrons. The Morgan fingerprint density at radius 2 is 0.800 bits per heavy atom. The minimum atomic E-state index is -0.219. The van der Waals surface area contributed by atoms with E-state index in [-0.39, 0.29) is 10.8 Å². The van der Waals surface area contributed by atoms with Gasteiger partial charge in [-0.2, -0.15) is 0 Å². The molecule has 12 rings (SSSR count). The molecule has 3 heterocycles. The van der Waals surface area contributed by atoms with Gasteiger partial charge in [-0.3, -0.25) is 0 Å². The number of hydrogen-bond acceptors (Lipinski definition) is 3. The molecule has 0 bridgehead atoms. The number of furan rings is 1. The van der Waals surface area contributed by atoms with E-state index >= 15 is 0 Å². The lowest BCUT2D eigenvalue weighted by Gasteiger charge is -2.42. The number of nitrogens with zero attached hydrogens (tertiary/aromatic N) is 2. The molecular formula is C52H38N2O. The van der Waals surface area contributed by atoms with Gasteiger partial charge in [-0.05, 0) is 86.3 Å². The molecule has 0 spiro atoms. The molecule has 2 aliphatic heterocycles. The van der Waals surface area contributed by atoms with E-state index in [4.69, 9.17) is 4.42 Å². The Morgan fingerprint density at radius 3 is 1.36 bits per heavy atom. The monoisotopic (exact) mass is 706 g/mol. The van der Waals surface area contributed by atoms with Crippen molar-refractivity contribution in [3.8, 4) is 0 Å². The lowest BCUT2D eigenvalue weighted by molar-refractivity contribution is 0.631. The number of rotatable bonds is 2. The van der Waals surface area contributed by atoms with Crippen molar-refractivity contribution in [1.29, 1.82) is 0 Å². The molecule has 2 aliphatic rings. The third kappa shape index (κ3) is 3.95. The summed E-state index contributed by atoms with van der Waals surface area (Å²) in [5.74, 6) is 0. The first-order chi connectivity index (χ1) is 26.8. The SMILES string of the molecule is CC1(C)c2ccccc2N(c2ccc3ccc4c(N5c6ccccc6C(C)(C)c6cc7c(cc65)oc5ccccc57)ccc5ccc2c3c54)c2ccccc21. The molecule has 0 radical (unpaired) electrons. The third-order valence-corrected chi connectivity index (χ3v) is 13.0. The molecule has 9 aromatic carbocycles. The molecule has 0 unspecified atom stereocenters. The smallest absolute Gasteiger partial charge is 0.137 e. The van der Waals surface area contributed by atoms with Gasteiger partial charge in [0.05, 0.1) is 34.1 Å². The van der Waals surface area contributed by atoms with Crippen LogP contribution < -0.4 is 9.80 Å². The Hall–Kier alpha value is -6.58. The summed E-state index contributed by atoms with van der Waals surface area (Å²) in [5.41, 5.74) is 14.0. The van der Waals surface area contributed by atoms with Crippen molar-refractivity contribution in [2.75, 3.05) is 9.80 Å². The highest BCUT2D eigenvalue weighted by molar-refractivity contribution is 6.28. The Bertz CT molecular complexity index is 3190. The van der Waals surface area contributed by atoms with Crippen LogP contribution in [0.2, 0.25) is 0 Å². The summed E-state index contributed by atoms with van der Waals surface area (Å²) >= 11 is 0. The van der Waals surface area contributed by atoms with Gasteiger partial charge in [-0.25, -0.2) is 0 Å². The summed E-state index contributed by atoms with van der Waals surface area (Å²) in [5, 5.41) is 9.89. The van der Waals surface area contributed by atoms with Crippen LogP contribution in [0.15, 0.2) is 162 Å². The van der Waals surface area contributed by atoms with Gasteiger partial charge >= 0.3 is 0 Å². The van der Waals surface area contributed by atoms with Gasteiger partial charge in [0.2, 0.25) is 0 Å². The number of para-hydroxylation sites is 4. The molecular weight excluding hydrogens is 669 g/mol. The Balaban J connectivity index is 1.14. The topological polar surface area (TPSA) is 19.6 Å². The average Bonchev–Trinajstić information content (AvgIpc) is 3.58. The van der Waals surface area contributed by atoms with Crippen LogP contribution in [0, 0.1) is 0 Å². The highest BCUT2D eigenvalue weighted by atomic mass is 16.3. The molecule has 1 aromatic heterocycles. The molecule has 0 aliphatic carbocycles. The van der Waals surface area contributed by atoms with Crippen molar-refractivity contribution in [3.63, 3.8) is 0 Å². The largest absolute Gasteiger partial charge is 0.456 e. The second-order valence-corrected chi connectivity index (χ2v) is 16.5. The lowest BCUT2D eigenvalue weighted by atomic mass is 9.73. The molecule has 0 saturated heterocycles. The molecule has 10 aromatic rings. The molecule has 3 heteroatoms. The van der Waals surface area contributed by atoms with Crippen molar-refractivity contribution in [3.05, 3.63) is 180 Å². The van der Waals surface area contributed by atoms with E-state index in [0.29, 0.717) is 0 Å². The zero-order valence-corrected chi connectivity index (χ0v) is 31.3. The van der Waals surface area contributed by atoms with Gasteiger partial charge in [0.1, 0.15) is 11.2 Å². The van der Waals surface area contributed by atoms with Crippen LogP contribution in [0.3, 0.4) is 0 Å². The van der Waals surface area contributed by atoms with Gasteiger partial charge in [-0.1, -0.05) is 137 Å². The van der Waals surface area contributed by atoms with Crippen LogP contribution in [0.5, 0.6) is 0 Å². The maximum atomic E-state index is 6.54. The van der Waals surface area contributed by atoms with E-state index in [9.17, 15) is 0 Å². The van der Waals surface area contributed by atoms with Crippen LogP contribution in [-0.2, 0) is 10.8 Å². The Kier molecular flexibility index (Phi) is 5.91. The first-order valence-corrected chi connectivity index (χ1v) is 19.4. The fraction of sp³-hybridized carbons (Fsp3) is 0.115. The molecule has 3 nitrogen and oxygen atoms in total. The molecule has 0 N–H and O–H groups in total. The summed E-state index contributed by atoms with van der Waals surface area (Å²) in [4.78, 5) is 5.00. The van der Waals surface area contributed by atoms with Gasteiger partial charge in [0.15, 0.2) is 0 Å². The van der Waals surface area contributed by atoms with E-state index in [2.05, 4.69) is 195 Å². The van der Waals surface area contributed by atoms with Crippen molar-refractivity contribution >= 4 is 88.4 Å². The zero-order chi connectivity index (χ0) is 36.8. The Labute approximate surface area is 320 Å². The second-order valence-electron chi connectivity index (χ2n) is 16.5. The van der Waals surface area contributed by atoms with Gasteiger partial charge in [0.25, 0.3) is 0 Å². The second kappa shape index (κ2) is 10.5. The summed E-state index contributed by atoms with van der Waals surface area (Å²) in [7, 11) is 0. The maximum absolute atomic E-state index is 6.54. The van der Waals surface area contributed by atoms with Crippen LogP contribution in [0.4, 0.5) is 34.1 Å². The van der Waals surface area contributed by atoms with Crippen LogP contribution in [0.25, 0.3) is 54.3 Å². The molecule has 0 atom stereocenters. The van der Waals surface area contributed by atoms with Crippen LogP contribution >= 0.6 is 0 Å². The van der Waals surface area contributed by atoms with E-state index < -0.39 is 0 Å². The van der Waals surface area contributed by atoms with E-state index in [1.165, 1.54) is 83.0 Å². The summed E-state index contributed by atoms with van der Waals surface area (Å²) < 4.78 is 6.54. The predicted octanol–water partition coefficient (Wildman–Crippen LogP) is 14.7. The average molecular weight is 707 g/mol. The van der Waals surface area contributed by atoms with Gasteiger partial charge < -0.3 is 14.2 Å². The van der Waals surface area contributed by atoms with Crippen molar-refractivity contribution in [2.45, 2.75) is 38.5 Å². The minimum absolute atomic E-state index is 0.119. The number of fused-ring (bicyclic) bond motifs is 7. The van der Waals surface area contributed by atoms with E-state index in [1.807, 2.05) is 0 Å². The van der Waals surface area contributed by atoms with Crippen molar-refractivity contribution < 1.29 is 4.42 Å². The predicted molar refractivity (Wildman–Crippen MR) is 231 cm³/mol.